The Morgan fingerprint density at radius 3 is 2.85 bits per heavy atom. The van der Waals surface area contributed by atoms with Crippen LogP contribution < -0.4 is 10.1 Å². The normalized spacial score (nSPS) is 12.0. The van der Waals surface area contributed by atoms with E-state index in [0.29, 0.717) is 17.1 Å². The lowest BCUT2D eigenvalue weighted by atomic mass is 10.1. The summed E-state index contributed by atoms with van der Waals surface area (Å²) >= 11 is 0. The molecule has 0 unspecified atom stereocenters. The maximum Gasteiger partial charge on any atom is 0.273 e. The van der Waals surface area contributed by atoms with Crippen molar-refractivity contribution in [1.82, 2.24) is 25.5 Å². The Balaban J connectivity index is 1.63. The molecule has 9 nitrogen and oxygen atoms in total. The standard InChI is InChI=1S/C18H21N5O4/c1-11-14(12(2)27-21-11)8-19-18(25)15-9-23(22-20-15)10-16(24)13-6-4-5-7-17(13)26-3/h4-7,9,16,24H,8,10H2,1-3H3,(H,19,25)/t16-/m0/s1. The van der Waals surface area contributed by atoms with Crippen molar-refractivity contribution in [3.8, 4) is 5.75 Å². The van der Waals surface area contributed by atoms with Crippen LogP contribution in [0.3, 0.4) is 0 Å². The van der Waals surface area contributed by atoms with Crippen molar-refractivity contribution in [3.63, 3.8) is 0 Å². The first-order chi connectivity index (χ1) is 13.0. The van der Waals surface area contributed by atoms with Gasteiger partial charge in [0.1, 0.15) is 17.6 Å². The van der Waals surface area contributed by atoms with Crippen molar-refractivity contribution in [1.29, 1.82) is 0 Å². The molecule has 1 atom stereocenters. The molecular formula is C18H21N5O4. The van der Waals surface area contributed by atoms with Crippen LogP contribution in [-0.4, -0.2) is 38.3 Å². The molecule has 0 aliphatic carbocycles. The minimum atomic E-state index is -0.846. The van der Waals surface area contributed by atoms with Crippen molar-refractivity contribution >= 4 is 5.91 Å². The van der Waals surface area contributed by atoms with Gasteiger partial charge in [0, 0.05) is 17.7 Å². The fourth-order valence-corrected chi connectivity index (χ4v) is 2.72. The van der Waals surface area contributed by atoms with Crippen LogP contribution in [0.2, 0.25) is 0 Å². The summed E-state index contributed by atoms with van der Waals surface area (Å²) in [6, 6.07) is 7.19. The van der Waals surface area contributed by atoms with Gasteiger partial charge < -0.3 is 19.7 Å². The number of aromatic nitrogens is 4. The van der Waals surface area contributed by atoms with Crippen molar-refractivity contribution in [3.05, 3.63) is 58.7 Å². The molecule has 2 aromatic heterocycles. The van der Waals surface area contributed by atoms with E-state index in [1.807, 2.05) is 19.1 Å². The molecule has 0 aliphatic rings. The van der Waals surface area contributed by atoms with E-state index in [1.165, 1.54) is 10.9 Å². The number of aliphatic hydroxyl groups excluding tert-OH is 1. The van der Waals surface area contributed by atoms with Crippen LogP contribution in [0.15, 0.2) is 35.0 Å². The molecule has 0 fully saturated rings. The summed E-state index contributed by atoms with van der Waals surface area (Å²) in [6.07, 6.45) is 0.641. The van der Waals surface area contributed by atoms with Crippen LogP contribution in [0, 0.1) is 13.8 Å². The van der Waals surface area contributed by atoms with Gasteiger partial charge in [0.15, 0.2) is 5.69 Å². The van der Waals surface area contributed by atoms with Crippen molar-refractivity contribution in [2.75, 3.05) is 7.11 Å². The predicted octanol–water partition coefficient (Wildman–Crippen LogP) is 1.56. The highest BCUT2D eigenvalue weighted by molar-refractivity contribution is 5.91. The minimum absolute atomic E-state index is 0.143. The number of methoxy groups -OCH3 is 1. The molecule has 2 heterocycles. The molecule has 142 valence electrons. The predicted molar refractivity (Wildman–Crippen MR) is 95.1 cm³/mol. The Bertz CT molecular complexity index is 914. The monoisotopic (exact) mass is 371 g/mol. The van der Waals surface area contributed by atoms with Crippen LogP contribution in [-0.2, 0) is 13.1 Å². The van der Waals surface area contributed by atoms with Crippen LogP contribution in [0.5, 0.6) is 5.75 Å². The van der Waals surface area contributed by atoms with E-state index < -0.39 is 6.10 Å². The molecule has 9 heteroatoms. The Hall–Kier alpha value is -3.20. The summed E-state index contributed by atoms with van der Waals surface area (Å²) in [6.45, 7) is 4.03. The minimum Gasteiger partial charge on any atom is -0.496 e. The molecule has 0 aliphatic heterocycles. The maximum atomic E-state index is 12.3. The molecule has 0 saturated carbocycles. The maximum absolute atomic E-state index is 12.3. The molecule has 27 heavy (non-hydrogen) atoms. The molecule has 3 rings (SSSR count). The Morgan fingerprint density at radius 1 is 1.37 bits per heavy atom. The van der Waals surface area contributed by atoms with Gasteiger partial charge >= 0.3 is 0 Å². The van der Waals surface area contributed by atoms with E-state index in [0.717, 1.165) is 11.3 Å². The van der Waals surface area contributed by atoms with E-state index in [-0.39, 0.29) is 24.7 Å². The number of hydrogen-bond donors (Lipinski definition) is 2. The number of amides is 1. The molecule has 0 spiro atoms. The first-order valence-corrected chi connectivity index (χ1v) is 8.40. The molecule has 0 bridgehead atoms. The third-order valence-electron chi connectivity index (χ3n) is 4.24. The molecule has 3 aromatic rings. The molecule has 1 amide bonds. The molecular weight excluding hydrogens is 350 g/mol. The number of aryl methyl sites for hydroxylation is 2. The van der Waals surface area contributed by atoms with Crippen LogP contribution in [0.4, 0.5) is 0 Å². The highest BCUT2D eigenvalue weighted by Crippen LogP contribution is 2.25. The average Bonchev–Trinajstić information content (AvgIpc) is 3.26. The Morgan fingerprint density at radius 2 is 2.15 bits per heavy atom. The topological polar surface area (TPSA) is 115 Å². The zero-order valence-corrected chi connectivity index (χ0v) is 15.3. The SMILES string of the molecule is COc1ccccc1[C@@H](O)Cn1cc(C(=O)NCc2c(C)noc2C)nn1. The Labute approximate surface area is 155 Å². The van der Waals surface area contributed by atoms with Crippen LogP contribution in [0.25, 0.3) is 0 Å². The Kier molecular flexibility index (Phi) is 5.51. The second kappa shape index (κ2) is 8.00. The highest BCUT2D eigenvalue weighted by atomic mass is 16.5. The average molecular weight is 371 g/mol. The molecule has 0 saturated heterocycles. The number of ether oxygens (including phenoxy) is 1. The molecule has 0 radical (unpaired) electrons. The molecule has 1 aromatic carbocycles. The second-order valence-corrected chi connectivity index (χ2v) is 6.07. The first-order valence-electron chi connectivity index (χ1n) is 8.40. The third-order valence-corrected chi connectivity index (χ3v) is 4.24. The molecule has 2 N–H and O–H groups in total. The van der Waals surface area contributed by atoms with E-state index in [4.69, 9.17) is 9.26 Å². The number of carbonyl (C=O) groups is 1. The van der Waals surface area contributed by atoms with E-state index in [9.17, 15) is 9.90 Å². The number of hydrogen-bond acceptors (Lipinski definition) is 7. The van der Waals surface area contributed by atoms with E-state index >= 15 is 0 Å². The zero-order valence-electron chi connectivity index (χ0n) is 15.3. The largest absolute Gasteiger partial charge is 0.496 e. The number of nitrogens with one attached hydrogen (secondary N) is 1. The summed E-state index contributed by atoms with van der Waals surface area (Å²) in [5.74, 6) is 0.881. The summed E-state index contributed by atoms with van der Waals surface area (Å²) in [5, 5.41) is 24.8. The van der Waals surface area contributed by atoms with Gasteiger partial charge in [0.25, 0.3) is 5.91 Å². The van der Waals surface area contributed by atoms with E-state index in [2.05, 4.69) is 20.8 Å². The van der Waals surface area contributed by atoms with Gasteiger partial charge in [-0.3, -0.25) is 4.79 Å². The smallest absolute Gasteiger partial charge is 0.273 e. The van der Waals surface area contributed by atoms with Crippen LogP contribution in [0.1, 0.15) is 39.2 Å². The fraction of sp³-hybridized carbons (Fsp3) is 0.333. The lowest BCUT2D eigenvalue weighted by molar-refractivity contribution is 0.0945. The fourth-order valence-electron chi connectivity index (χ4n) is 2.72. The zero-order chi connectivity index (χ0) is 19.4. The number of para-hydroxylation sites is 1. The van der Waals surface area contributed by atoms with Gasteiger partial charge in [-0.1, -0.05) is 28.6 Å². The number of aliphatic hydroxyl groups is 1. The lowest BCUT2D eigenvalue weighted by Crippen LogP contribution is -2.23. The van der Waals surface area contributed by atoms with Gasteiger partial charge in [-0.25, -0.2) is 4.68 Å². The summed E-state index contributed by atoms with van der Waals surface area (Å²) in [4.78, 5) is 12.3. The summed E-state index contributed by atoms with van der Waals surface area (Å²) in [7, 11) is 1.54. The summed E-state index contributed by atoms with van der Waals surface area (Å²) < 4.78 is 11.7. The van der Waals surface area contributed by atoms with Gasteiger partial charge in [0.2, 0.25) is 0 Å². The van der Waals surface area contributed by atoms with Gasteiger partial charge in [0.05, 0.1) is 25.5 Å². The number of rotatable bonds is 7. The van der Waals surface area contributed by atoms with Crippen LogP contribution >= 0.6 is 0 Å². The quantitative estimate of drug-likeness (QED) is 0.647. The number of carbonyl (C=O) groups excluding carboxylic acids is 1. The van der Waals surface area contributed by atoms with Crippen molar-refractivity contribution < 1.29 is 19.2 Å². The number of nitrogens with zero attached hydrogens (tertiary/aromatic N) is 4. The van der Waals surface area contributed by atoms with Crippen molar-refractivity contribution in [2.45, 2.75) is 33.0 Å². The number of benzene rings is 1. The van der Waals surface area contributed by atoms with Gasteiger partial charge in [-0.05, 0) is 19.9 Å². The first kappa shape index (κ1) is 18.6. The van der Waals surface area contributed by atoms with Crippen molar-refractivity contribution in [2.24, 2.45) is 0 Å². The summed E-state index contributed by atoms with van der Waals surface area (Å²) in [5.41, 5.74) is 2.37. The third kappa shape index (κ3) is 4.14. The van der Waals surface area contributed by atoms with Gasteiger partial charge in [-0.2, -0.15) is 0 Å². The van der Waals surface area contributed by atoms with Gasteiger partial charge in [-0.15, -0.1) is 5.10 Å². The lowest BCUT2D eigenvalue weighted by Gasteiger charge is -2.14. The second-order valence-electron chi connectivity index (χ2n) is 6.07. The highest BCUT2D eigenvalue weighted by Gasteiger charge is 2.17. The van der Waals surface area contributed by atoms with E-state index in [1.54, 1.807) is 26.2 Å².